The Morgan fingerprint density at radius 2 is 0.750 bits per heavy atom. The van der Waals surface area contributed by atoms with Crippen molar-refractivity contribution in [3.8, 4) is 0 Å². The predicted molar refractivity (Wildman–Crippen MR) is 0 cm³/mol. The molecule has 0 atom stereocenters. The van der Waals surface area contributed by atoms with Crippen LogP contribution in [0.1, 0.15) is 0 Å². The Morgan fingerprint density at radius 1 is 0.750 bits per heavy atom. The third-order valence-corrected chi connectivity index (χ3v) is 0. The SMILES string of the molecule is [Cl-].[Cl-].[Cu+2].[Ne]. The van der Waals surface area contributed by atoms with Crippen molar-refractivity contribution in [3.63, 3.8) is 0 Å². The van der Waals surface area contributed by atoms with Gasteiger partial charge in [0.25, 0.3) is 0 Å². The summed E-state index contributed by atoms with van der Waals surface area (Å²) in [6, 6.07) is 0. The van der Waals surface area contributed by atoms with Crippen LogP contribution in [-0.2, 0) is 17.1 Å². The van der Waals surface area contributed by atoms with Gasteiger partial charge in [-0.25, -0.2) is 0 Å². The smallest absolute Gasteiger partial charge is 1.00 e. The largest absolute Gasteiger partial charge is 2.00 e. The molecule has 4 heteroatoms. The van der Waals surface area contributed by atoms with Crippen molar-refractivity contribution in [2.45, 2.75) is 0 Å². The molecule has 0 aliphatic heterocycles. The first-order chi connectivity index (χ1) is 0. The van der Waals surface area contributed by atoms with E-state index in [4.69, 9.17) is 0 Å². The maximum Gasteiger partial charge on any atom is 2.00 e. The summed E-state index contributed by atoms with van der Waals surface area (Å²) in [5.74, 6) is 0. The molecule has 0 N–H and O–H groups in total. The molecule has 0 aliphatic rings. The number of rotatable bonds is 0. The molecule has 0 unspecified atom stereocenters. The second-order valence-electron chi connectivity index (χ2n) is 0. The fourth-order valence-electron chi connectivity index (χ4n) is 0. The van der Waals surface area contributed by atoms with Crippen LogP contribution in [0.3, 0.4) is 0 Å². The summed E-state index contributed by atoms with van der Waals surface area (Å²) < 4.78 is 0. The Hall–Kier alpha value is 1.01. The Balaban J connectivity index is 0. The van der Waals surface area contributed by atoms with Gasteiger partial charge in [-0.15, -0.1) is 0 Å². The van der Waals surface area contributed by atoms with E-state index in [2.05, 4.69) is 0 Å². The first-order valence-corrected chi connectivity index (χ1v) is 0. The van der Waals surface area contributed by atoms with Gasteiger partial charge in [-0.1, -0.05) is 0 Å². The normalized spacial score (nSPS) is 0. The Morgan fingerprint density at radius 3 is 0.750 bits per heavy atom. The first-order valence-electron chi connectivity index (χ1n) is 0. The molecule has 0 saturated carbocycles. The van der Waals surface area contributed by atoms with Gasteiger partial charge in [-0.2, -0.15) is 0 Å². The zero-order chi connectivity index (χ0) is 0. The first kappa shape index (κ1) is 79.1. The Bertz CT molecular complexity index is 6.00. The van der Waals surface area contributed by atoms with Gasteiger partial charge >= 0.3 is 17.1 Å². The van der Waals surface area contributed by atoms with Crippen molar-refractivity contribution in [3.05, 3.63) is 0 Å². The molecule has 0 heterocycles. The summed E-state index contributed by atoms with van der Waals surface area (Å²) in [5, 5.41) is 0. The minimum atomic E-state index is 0. The van der Waals surface area contributed by atoms with Gasteiger partial charge in [-0.05, 0) is 0 Å². The standard InChI is InChI=1S/2ClH.Cu.Ne/h2*1H;;/q;;+2;/p-2. The molecule has 0 bridgehead atoms. The topological polar surface area (TPSA) is 0 Å². The molecule has 0 nitrogen and oxygen atoms in total. The molecule has 0 rings (SSSR count). The molecule has 0 fully saturated rings. The van der Waals surface area contributed by atoms with Crippen LogP contribution >= 0.6 is 0 Å². The van der Waals surface area contributed by atoms with Crippen LogP contribution in [0.15, 0.2) is 0 Å². The maximum absolute atomic E-state index is 0. The summed E-state index contributed by atoms with van der Waals surface area (Å²) in [7, 11) is 0. The average molecular weight is 155 g/mol. The average Bonchev–Trinajstić information content (AvgIpc) is 0. The van der Waals surface area contributed by atoms with Crippen molar-refractivity contribution < 1.29 is 48.0 Å². The molecule has 0 amide bonds. The van der Waals surface area contributed by atoms with Crippen molar-refractivity contribution in [1.82, 2.24) is 0 Å². The van der Waals surface area contributed by atoms with Crippen LogP contribution < -0.4 is 24.8 Å². The molecule has 33 valence electrons. The second-order valence-corrected chi connectivity index (χ2v) is 0. The molecule has 0 aliphatic carbocycles. The van der Waals surface area contributed by atoms with Crippen LogP contribution in [0.4, 0.5) is 0 Å². The van der Waals surface area contributed by atoms with Gasteiger partial charge in [-0.3, -0.25) is 0 Å². The molecule has 0 saturated heterocycles. The minimum Gasteiger partial charge on any atom is -1.00 e. The van der Waals surface area contributed by atoms with Crippen molar-refractivity contribution in [2.75, 3.05) is 0 Å². The van der Waals surface area contributed by atoms with E-state index in [0.717, 1.165) is 0 Å². The molecule has 0 aromatic carbocycles. The van der Waals surface area contributed by atoms with Crippen molar-refractivity contribution >= 4 is 0 Å². The van der Waals surface area contributed by atoms with E-state index < -0.39 is 0 Å². The summed E-state index contributed by atoms with van der Waals surface area (Å²) in [6.07, 6.45) is 0. The number of hydrogen-bond donors (Lipinski definition) is 0. The van der Waals surface area contributed by atoms with E-state index in [1.807, 2.05) is 0 Å². The van der Waals surface area contributed by atoms with E-state index in [-0.39, 0.29) is 48.0 Å². The molecular formula is Cl2CuNe. The molecule has 4 heavy (non-hydrogen) atoms. The summed E-state index contributed by atoms with van der Waals surface area (Å²) >= 11 is 0. The van der Waals surface area contributed by atoms with Gasteiger partial charge in [0, 0.05) is 6.15 Å². The predicted octanol–water partition coefficient (Wildman–Crippen LogP) is -5.99. The molecular weight excluding hydrogens is 155 g/mol. The third-order valence-electron chi connectivity index (χ3n) is 0. The number of halogens is 2. The Labute approximate surface area is 48.4 Å². The molecule has 0 spiro atoms. The van der Waals surface area contributed by atoms with Crippen LogP contribution in [-0.4, -0.2) is 0 Å². The van der Waals surface area contributed by atoms with Crippen LogP contribution in [0.2, 0.25) is 0 Å². The van der Waals surface area contributed by atoms with E-state index in [0.29, 0.717) is 0 Å². The Kier molecular flexibility index (Phi) is 706. The fourth-order valence-corrected chi connectivity index (χ4v) is 0. The van der Waals surface area contributed by atoms with Crippen molar-refractivity contribution in [1.29, 1.82) is 0 Å². The maximum atomic E-state index is 0. The van der Waals surface area contributed by atoms with E-state index in [1.54, 1.807) is 0 Å². The zero-order valence-electron chi connectivity index (χ0n) is 1.41. The molecule has 0 aromatic heterocycles. The summed E-state index contributed by atoms with van der Waals surface area (Å²) in [5.41, 5.74) is 0. The fraction of sp³-hybridized carbons (Fsp3) is 0. The van der Waals surface area contributed by atoms with Gasteiger partial charge in [0.2, 0.25) is 0 Å². The molecule has 1 radical (unpaired) electrons. The second kappa shape index (κ2) is 35.7. The summed E-state index contributed by atoms with van der Waals surface area (Å²) in [4.78, 5) is 0. The quantitative estimate of drug-likeness (QED) is 0.305. The van der Waals surface area contributed by atoms with Crippen LogP contribution in [0.25, 0.3) is 0 Å². The van der Waals surface area contributed by atoms with Crippen LogP contribution in [0, 0.1) is 6.15 Å². The zero-order valence-corrected chi connectivity index (χ0v) is 3.86. The number of hydrogen-bond acceptors (Lipinski definition) is 0. The molecule has 0 aromatic rings. The van der Waals surface area contributed by atoms with Crippen LogP contribution in [0.5, 0.6) is 0 Å². The summed E-state index contributed by atoms with van der Waals surface area (Å²) in [6.45, 7) is 0. The minimum absolute atomic E-state index is 0. The van der Waals surface area contributed by atoms with E-state index in [1.165, 1.54) is 0 Å². The van der Waals surface area contributed by atoms with Gasteiger partial charge in [0.05, 0.1) is 0 Å². The third kappa shape index (κ3) is 11.9. The van der Waals surface area contributed by atoms with Gasteiger partial charge < -0.3 is 24.8 Å². The van der Waals surface area contributed by atoms with E-state index >= 15 is 0 Å². The van der Waals surface area contributed by atoms with Gasteiger partial charge in [0.1, 0.15) is 0 Å². The van der Waals surface area contributed by atoms with Crippen molar-refractivity contribution in [2.24, 2.45) is 0 Å². The van der Waals surface area contributed by atoms with E-state index in [9.17, 15) is 0 Å². The van der Waals surface area contributed by atoms with Gasteiger partial charge in [0.15, 0.2) is 0 Å². The monoisotopic (exact) mass is 153 g/mol.